The second-order valence-electron chi connectivity index (χ2n) is 3.95. The molecule has 0 aliphatic rings. The molecular formula is C11H18N2O2S. The first-order valence-corrected chi connectivity index (χ1v) is 6.32. The van der Waals surface area contributed by atoms with E-state index in [1.807, 2.05) is 13.8 Å². The lowest BCUT2D eigenvalue weighted by atomic mass is 10.1. The number of amides is 1. The number of aromatic nitrogens is 1. The molecule has 0 aliphatic carbocycles. The molecule has 1 rings (SSSR count). The number of thiazole rings is 1. The van der Waals surface area contributed by atoms with Crippen molar-refractivity contribution in [2.45, 2.75) is 26.7 Å². The summed E-state index contributed by atoms with van der Waals surface area (Å²) in [5.41, 5.74) is 2.46. The van der Waals surface area contributed by atoms with Gasteiger partial charge in [0.05, 0.1) is 11.2 Å². The van der Waals surface area contributed by atoms with Gasteiger partial charge in [0.25, 0.3) is 5.91 Å². The third-order valence-corrected chi connectivity index (χ3v) is 3.35. The van der Waals surface area contributed by atoms with E-state index in [9.17, 15) is 4.79 Å². The van der Waals surface area contributed by atoms with E-state index >= 15 is 0 Å². The summed E-state index contributed by atoms with van der Waals surface area (Å²) in [5, 5.41) is 11.7. The normalized spacial score (nSPS) is 12.4. The van der Waals surface area contributed by atoms with E-state index in [1.54, 1.807) is 5.51 Å². The number of nitrogens with one attached hydrogen (secondary N) is 1. The molecule has 2 N–H and O–H groups in total. The van der Waals surface area contributed by atoms with Gasteiger partial charge in [-0.2, -0.15) is 0 Å². The van der Waals surface area contributed by atoms with Crippen LogP contribution in [-0.4, -0.2) is 29.1 Å². The number of carbonyl (C=O) groups excluding carboxylic acids is 1. The van der Waals surface area contributed by atoms with Gasteiger partial charge in [-0.1, -0.05) is 6.92 Å². The fraction of sp³-hybridized carbons (Fsp3) is 0.636. The minimum Gasteiger partial charge on any atom is -0.396 e. The highest BCUT2D eigenvalue weighted by molar-refractivity contribution is 7.11. The van der Waals surface area contributed by atoms with Crippen molar-refractivity contribution in [1.82, 2.24) is 10.3 Å². The fourth-order valence-corrected chi connectivity index (χ4v) is 2.06. The maximum atomic E-state index is 11.7. The Morgan fingerprint density at radius 2 is 2.44 bits per heavy atom. The first-order valence-electron chi connectivity index (χ1n) is 5.44. The van der Waals surface area contributed by atoms with Crippen LogP contribution < -0.4 is 5.32 Å². The molecule has 1 heterocycles. The van der Waals surface area contributed by atoms with Crippen molar-refractivity contribution in [2.75, 3.05) is 13.2 Å². The Balaban J connectivity index is 2.24. The minimum absolute atomic E-state index is 0.0448. The second kappa shape index (κ2) is 6.60. The quantitative estimate of drug-likeness (QED) is 0.745. The molecule has 0 saturated heterocycles. The van der Waals surface area contributed by atoms with Gasteiger partial charge in [-0.05, 0) is 25.7 Å². The number of nitrogens with zero attached hydrogens (tertiary/aromatic N) is 1. The van der Waals surface area contributed by atoms with Gasteiger partial charge in [0.1, 0.15) is 4.88 Å². The van der Waals surface area contributed by atoms with Gasteiger partial charge in [-0.15, -0.1) is 11.3 Å². The smallest absolute Gasteiger partial charge is 0.263 e. The summed E-state index contributed by atoms with van der Waals surface area (Å²) >= 11 is 1.36. The molecule has 0 spiro atoms. The average Bonchev–Trinajstić information content (AvgIpc) is 2.70. The molecule has 0 aliphatic heterocycles. The molecule has 0 fully saturated rings. The largest absolute Gasteiger partial charge is 0.396 e. The average molecular weight is 242 g/mol. The van der Waals surface area contributed by atoms with E-state index in [4.69, 9.17) is 5.11 Å². The third-order valence-electron chi connectivity index (χ3n) is 2.42. The van der Waals surface area contributed by atoms with Crippen LogP contribution in [0, 0.1) is 12.8 Å². The maximum absolute atomic E-state index is 11.7. The molecule has 0 aromatic carbocycles. The predicted molar refractivity (Wildman–Crippen MR) is 64.7 cm³/mol. The van der Waals surface area contributed by atoms with Gasteiger partial charge in [-0.25, -0.2) is 4.98 Å². The van der Waals surface area contributed by atoms with Crippen LogP contribution in [0.1, 0.15) is 35.1 Å². The van der Waals surface area contributed by atoms with Crippen LogP contribution >= 0.6 is 11.3 Å². The van der Waals surface area contributed by atoms with Gasteiger partial charge in [-0.3, -0.25) is 4.79 Å². The topological polar surface area (TPSA) is 62.2 Å². The van der Waals surface area contributed by atoms with Gasteiger partial charge in [0, 0.05) is 13.2 Å². The van der Waals surface area contributed by atoms with E-state index in [-0.39, 0.29) is 12.5 Å². The molecule has 5 heteroatoms. The molecule has 1 aromatic rings. The van der Waals surface area contributed by atoms with Crippen molar-refractivity contribution >= 4 is 17.2 Å². The molecule has 16 heavy (non-hydrogen) atoms. The number of aliphatic hydroxyl groups excluding tert-OH is 1. The monoisotopic (exact) mass is 242 g/mol. The third kappa shape index (κ3) is 3.90. The van der Waals surface area contributed by atoms with Gasteiger partial charge in [0.2, 0.25) is 0 Å². The lowest BCUT2D eigenvalue weighted by molar-refractivity contribution is 0.0955. The van der Waals surface area contributed by atoms with E-state index in [1.165, 1.54) is 11.3 Å². The van der Waals surface area contributed by atoms with E-state index in [0.717, 1.165) is 18.5 Å². The van der Waals surface area contributed by atoms with Gasteiger partial charge >= 0.3 is 0 Å². The first-order chi connectivity index (χ1) is 7.65. The van der Waals surface area contributed by atoms with Crippen molar-refractivity contribution < 1.29 is 9.90 Å². The highest BCUT2D eigenvalue weighted by atomic mass is 32.1. The van der Waals surface area contributed by atoms with Crippen LogP contribution in [0.3, 0.4) is 0 Å². The lowest BCUT2D eigenvalue weighted by Gasteiger charge is -2.07. The van der Waals surface area contributed by atoms with Gasteiger partial charge < -0.3 is 10.4 Å². The van der Waals surface area contributed by atoms with Crippen molar-refractivity contribution in [2.24, 2.45) is 5.92 Å². The molecule has 0 radical (unpaired) electrons. The molecule has 1 aromatic heterocycles. The number of aliphatic hydroxyl groups is 1. The SMILES string of the molecule is Cc1ncsc1C(=O)NCCCC(C)CO. The van der Waals surface area contributed by atoms with Crippen molar-refractivity contribution in [1.29, 1.82) is 0 Å². The second-order valence-corrected chi connectivity index (χ2v) is 4.81. The fourth-order valence-electron chi connectivity index (χ4n) is 1.34. The van der Waals surface area contributed by atoms with Crippen LogP contribution in [0.25, 0.3) is 0 Å². The Hall–Kier alpha value is -0.940. The Kier molecular flexibility index (Phi) is 5.42. The summed E-state index contributed by atoms with van der Waals surface area (Å²) in [6.07, 6.45) is 1.82. The Labute approximate surface area is 99.7 Å². The summed E-state index contributed by atoms with van der Waals surface area (Å²) in [4.78, 5) is 16.4. The van der Waals surface area contributed by atoms with E-state index in [0.29, 0.717) is 17.3 Å². The summed E-state index contributed by atoms with van der Waals surface area (Å²) in [7, 11) is 0. The molecule has 0 bridgehead atoms. The molecule has 4 nitrogen and oxygen atoms in total. The maximum Gasteiger partial charge on any atom is 0.263 e. The Bertz CT molecular complexity index is 338. The van der Waals surface area contributed by atoms with Gasteiger partial charge in [0.15, 0.2) is 0 Å². The van der Waals surface area contributed by atoms with Crippen LogP contribution in [-0.2, 0) is 0 Å². The highest BCUT2D eigenvalue weighted by Crippen LogP contribution is 2.11. The predicted octanol–water partition coefficient (Wildman–Crippen LogP) is 1.59. The number of hydrogen-bond donors (Lipinski definition) is 2. The van der Waals surface area contributed by atoms with Crippen molar-refractivity contribution in [3.8, 4) is 0 Å². The minimum atomic E-state index is -0.0448. The molecule has 90 valence electrons. The zero-order chi connectivity index (χ0) is 12.0. The Morgan fingerprint density at radius 3 is 3.00 bits per heavy atom. The zero-order valence-electron chi connectivity index (χ0n) is 9.69. The molecule has 0 saturated carbocycles. The zero-order valence-corrected chi connectivity index (χ0v) is 10.5. The molecule has 1 amide bonds. The van der Waals surface area contributed by atoms with E-state index < -0.39 is 0 Å². The summed E-state index contributed by atoms with van der Waals surface area (Å²) in [5.74, 6) is 0.263. The first kappa shape index (κ1) is 13.1. The lowest BCUT2D eigenvalue weighted by Crippen LogP contribution is -2.24. The standard InChI is InChI=1S/C11H18N2O2S/c1-8(6-14)4-3-5-12-11(15)10-9(2)13-7-16-10/h7-8,14H,3-6H2,1-2H3,(H,12,15). The highest BCUT2D eigenvalue weighted by Gasteiger charge is 2.10. The van der Waals surface area contributed by atoms with Crippen LogP contribution in [0.15, 0.2) is 5.51 Å². The van der Waals surface area contributed by atoms with Crippen LogP contribution in [0.5, 0.6) is 0 Å². The number of carbonyl (C=O) groups is 1. The molecule has 1 unspecified atom stereocenters. The van der Waals surface area contributed by atoms with Crippen molar-refractivity contribution in [3.63, 3.8) is 0 Å². The number of aryl methyl sites for hydroxylation is 1. The molecule has 1 atom stereocenters. The Morgan fingerprint density at radius 1 is 1.69 bits per heavy atom. The summed E-state index contributed by atoms with van der Waals surface area (Å²) < 4.78 is 0. The van der Waals surface area contributed by atoms with E-state index in [2.05, 4.69) is 10.3 Å². The summed E-state index contributed by atoms with van der Waals surface area (Å²) in [6.45, 7) is 4.69. The summed E-state index contributed by atoms with van der Waals surface area (Å²) in [6, 6.07) is 0. The van der Waals surface area contributed by atoms with Crippen LogP contribution in [0.4, 0.5) is 0 Å². The van der Waals surface area contributed by atoms with Crippen LogP contribution in [0.2, 0.25) is 0 Å². The van der Waals surface area contributed by atoms with Crippen molar-refractivity contribution in [3.05, 3.63) is 16.1 Å². The number of hydrogen-bond acceptors (Lipinski definition) is 4. The number of rotatable bonds is 6. The molecular weight excluding hydrogens is 224 g/mol.